The van der Waals surface area contributed by atoms with Crippen molar-refractivity contribution in [3.63, 3.8) is 0 Å². The van der Waals surface area contributed by atoms with E-state index in [1.165, 1.54) is 6.26 Å². The summed E-state index contributed by atoms with van der Waals surface area (Å²) in [7, 11) is 0. The third-order valence-electron chi connectivity index (χ3n) is 2.57. The van der Waals surface area contributed by atoms with Gasteiger partial charge < -0.3 is 19.6 Å². The zero-order chi connectivity index (χ0) is 13.5. The van der Waals surface area contributed by atoms with Crippen LogP contribution >= 0.6 is 0 Å². The molecule has 0 radical (unpaired) electrons. The number of aliphatic hydroxyl groups excluding tert-OH is 1. The van der Waals surface area contributed by atoms with Crippen LogP contribution in [0.15, 0.2) is 53.1 Å². The Bertz CT molecular complexity index is 495. The number of hydrogen-bond acceptors (Lipinski definition) is 4. The van der Waals surface area contributed by atoms with Crippen molar-refractivity contribution in [1.29, 1.82) is 0 Å². The van der Waals surface area contributed by atoms with Gasteiger partial charge in [-0.05, 0) is 17.7 Å². The van der Waals surface area contributed by atoms with Crippen LogP contribution in [0.1, 0.15) is 17.4 Å². The largest absolute Gasteiger partial charge is 0.467 e. The van der Waals surface area contributed by atoms with Gasteiger partial charge >= 0.3 is 6.09 Å². The molecule has 5 nitrogen and oxygen atoms in total. The van der Waals surface area contributed by atoms with E-state index in [-0.39, 0.29) is 13.2 Å². The maximum Gasteiger partial charge on any atom is 0.408 e. The number of hydrogen-bond donors (Lipinski definition) is 2. The molecule has 1 amide bonds. The van der Waals surface area contributed by atoms with E-state index in [9.17, 15) is 9.90 Å². The van der Waals surface area contributed by atoms with Crippen molar-refractivity contribution in [2.24, 2.45) is 0 Å². The number of nitrogens with one attached hydrogen (secondary N) is 1. The predicted molar refractivity (Wildman–Crippen MR) is 68.3 cm³/mol. The van der Waals surface area contributed by atoms with Gasteiger partial charge in [0.25, 0.3) is 0 Å². The molecule has 0 fully saturated rings. The second-order valence-corrected chi connectivity index (χ2v) is 3.96. The Morgan fingerprint density at radius 1 is 1.26 bits per heavy atom. The highest BCUT2D eigenvalue weighted by Crippen LogP contribution is 2.12. The van der Waals surface area contributed by atoms with Crippen molar-refractivity contribution >= 4 is 6.09 Å². The molecule has 5 heteroatoms. The number of amides is 1. The molecule has 1 aromatic heterocycles. The maximum absolute atomic E-state index is 11.6. The molecule has 1 heterocycles. The molecule has 0 saturated carbocycles. The molecule has 0 bridgehead atoms. The standard InChI is InChI=1S/C14H15NO4/c16-9-12(13-7-4-8-18-13)15-14(17)19-10-11-5-2-1-3-6-11/h1-8,12,16H,9-10H2,(H,15,17)/t12-/m1/s1. The Morgan fingerprint density at radius 2 is 2.05 bits per heavy atom. The number of furan rings is 1. The van der Waals surface area contributed by atoms with Crippen molar-refractivity contribution < 1.29 is 19.1 Å². The van der Waals surface area contributed by atoms with Crippen molar-refractivity contribution in [3.8, 4) is 0 Å². The molecule has 0 aliphatic rings. The minimum Gasteiger partial charge on any atom is -0.467 e. The molecule has 0 saturated heterocycles. The number of alkyl carbamates (subject to hydrolysis) is 1. The first kappa shape index (κ1) is 13.2. The zero-order valence-electron chi connectivity index (χ0n) is 10.3. The fourth-order valence-electron chi connectivity index (χ4n) is 1.60. The van der Waals surface area contributed by atoms with Crippen molar-refractivity contribution in [3.05, 3.63) is 60.1 Å². The Kier molecular flexibility index (Phi) is 4.58. The van der Waals surface area contributed by atoms with E-state index in [0.29, 0.717) is 5.76 Å². The molecule has 0 spiro atoms. The van der Waals surface area contributed by atoms with E-state index in [2.05, 4.69) is 5.32 Å². The van der Waals surface area contributed by atoms with E-state index in [0.717, 1.165) is 5.56 Å². The molecule has 1 atom stereocenters. The van der Waals surface area contributed by atoms with Crippen molar-refractivity contribution in [1.82, 2.24) is 5.32 Å². The van der Waals surface area contributed by atoms with Crippen LogP contribution in [0.3, 0.4) is 0 Å². The van der Waals surface area contributed by atoms with Gasteiger partial charge in [-0.15, -0.1) is 0 Å². The maximum atomic E-state index is 11.6. The van der Waals surface area contributed by atoms with Gasteiger partial charge in [-0.3, -0.25) is 0 Å². The average molecular weight is 261 g/mol. The van der Waals surface area contributed by atoms with Crippen LogP contribution in [0.25, 0.3) is 0 Å². The molecule has 2 N–H and O–H groups in total. The normalized spacial score (nSPS) is 11.8. The van der Waals surface area contributed by atoms with E-state index in [4.69, 9.17) is 9.15 Å². The van der Waals surface area contributed by atoms with Crippen LogP contribution in [0.4, 0.5) is 4.79 Å². The van der Waals surface area contributed by atoms with Crippen LogP contribution < -0.4 is 5.32 Å². The van der Waals surface area contributed by atoms with E-state index >= 15 is 0 Å². The first-order valence-corrected chi connectivity index (χ1v) is 5.91. The van der Waals surface area contributed by atoms with Gasteiger partial charge in [-0.2, -0.15) is 0 Å². The number of benzene rings is 1. The van der Waals surface area contributed by atoms with Gasteiger partial charge in [0.05, 0.1) is 12.9 Å². The third kappa shape index (κ3) is 3.86. The highest BCUT2D eigenvalue weighted by Gasteiger charge is 2.16. The molecule has 100 valence electrons. The van der Waals surface area contributed by atoms with Crippen LogP contribution in [0.5, 0.6) is 0 Å². The summed E-state index contributed by atoms with van der Waals surface area (Å²) in [6.45, 7) is -0.0725. The summed E-state index contributed by atoms with van der Waals surface area (Å²) >= 11 is 0. The smallest absolute Gasteiger partial charge is 0.408 e. The van der Waals surface area contributed by atoms with Crippen LogP contribution in [0, 0.1) is 0 Å². The first-order chi connectivity index (χ1) is 9.29. The molecule has 0 aliphatic heterocycles. The van der Waals surface area contributed by atoms with Crippen LogP contribution in [-0.2, 0) is 11.3 Å². The summed E-state index contributed by atoms with van der Waals surface area (Å²) in [4.78, 5) is 11.6. The second kappa shape index (κ2) is 6.61. The molecule has 2 aromatic rings. The highest BCUT2D eigenvalue weighted by molar-refractivity contribution is 5.67. The van der Waals surface area contributed by atoms with E-state index < -0.39 is 12.1 Å². The summed E-state index contributed by atoms with van der Waals surface area (Å²) in [6.07, 6.45) is 0.883. The SMILES string of the molecule is O=C(N[C@H](CO)c1ccco1)OCc1ccccc1. The lowest BCUT2D eigenvalue weighted by Gasteiger charge is -2.13. The molecule has 0 unspecified atom stereocenters. The Morgan fingerprint density at radius 3 is 2.68 bits per heavy atom. The van der Waals surface area contributed by atoms with Gasteiger partial charge in [0, 0.05) is 0 Å². The fraction of sp³-hybridized carbons (Fsp3) is 0.214. The summed E-state index contributed by atoms with van der Waals surface area (Å²) in [5, 5.41) is 11.7. The number of rotatable bonds is 5. The Hall–Kier alpha value is -2.27. The molecular formula is C14H15NO4. The molecule has 0 aliphatic carbocycles. The number of aliphatic hydroxyl groups is 1. The van der Waals surface area contributed by atoms with Crippen LogP contribution in [-0.4, -0.2) is 17.8 Å². The van der Waals surface area contributed by atoms with Gasteiger partial charge in [0.2, 0.25) is 0 Å². The lowest BCUT2D eigenvalue weighted by molar-refractivity contribution is 0.126. The molecule has 1 aromatic carbocycles. The third-order valence-corrected chi connectivity index (χ3v) is 2.57. The summed E-state index contributed by atoms with van der Waals surface area (Å²) in [6, 6.07) is 12.1. The minimum atomic E-state index is -0.599. The van der Waals surface area contributed by atoms with Gasteiger partial charge in [0.1, 0.15) is 18.4 Å². The van der Waals surface area contributed by atoms with Crippen molar-refractivity contribution in [2.45, 2.75) is 12.6 Å². The zero-order valence-corrected chi connectivity index (χ0v) is 10.3. The molecular weight excluding hydrogens is 246 g/mol. The van der Waals surface area contributed by atoms with E-state index in [1.54, 1.807) is 12.1 Å². The Labute approximate surface area is 110 Å². The van der Waals surface area contributed by atoms with Crippen LogP contribution in [0.2, 0.25) is 0 Å². The number of carbonyl (C=O) groups excluding carboxylic acids is 1. The quantitative estimate of drug-likeness (QED) is 0.865. The lowest BCUT2D eigenvalue weighted by Crippen LogP contribution is -2.30. The van der Waals surface area contributed by atoms with Crippen molar-refractivity contribution in [2.75, 3.05) is 6.61 Å². The second-order valence-electron chi connectivity index (χ2n) is 3.96. The lowest BCUT2D eigenvalue weighted by atomic mass is 10.2. The number of carbonyl (C=O) groups is 1. The monoisotopic (exact) mass is 261 g/mol. The molecule has 19 heavy (non-hydrogen) atoms. The summed E-state index contributed by atoms with van der Waals surface area (Å²) in [5.74, 6) is 0.485. The van der Waals surface area contributed by atoms with E-state index in [1.807, 2.05) is 30.3 Å². The van der Waals surface area contributed by atoms with Gasteiger partial charge in [-0.25, -0.2) is 4.79 Å². The summed E-state index contributed by atoms with van der Waals surface area (Å²) in [5.41, 5.74) is 0.899. The predicted octanol–water partition coefficient (Wildman–Crippen LogP) is 2.24. The van der Waals surface area contributed by atoms with Gasteiger partial charge in [0.15, 0.2) is 0 Å². The Balaban J connectivity index is 1.84. The average Bonchev–Trinajstić information content (AvgIpc) is 2.97. The first-order valence-electron chi connectivity index (χ1n) is 5.91. The summed E-state index contributed by atoms with van der Waals surface area (Å²) < 4.78 is 10.2. The fourth-order valence-corrected chi connectivity index (χ4v) is 1.60. The highest BCUT2D eigenvalue weighted by atomic mass is 16.5. The van der Waals surface area contributed by atoms with Gasteiger partial charge in [-0.1, -0.05) is 30.3 Å². The minimum absolute atomic E-state index is 0.184. The number of ether oxygens (including phenoxy) is 1. The topological polar surface area (TPSA) is 71.7 Å². The molecule has 2 rings (SSSR count).